The van der Waals surface area contributed by atoms with Gasteiger partial charge in [-0.25, -0.2) is 4.79 Å². The Labute approximate surface area is 186 Å². The van der Waals surface area contributed by atoms with Gasteiger partial charge in [-0.1, -0.05) is 6.07 Å². The molecule has 0 aliphatic carbocycles. The van der Waals surface area contributed by atoms with Crippen molar-refractivity contribution in [3.8, 4) is 11.5 Å². The maximum atomic E-state index is 12.3. The van der Waals surface area contributed by atoms with Crippen LogP contribution in [0, 0.1) is 5.92 Å². The molecule has 0 spiro atoms. The van der Waals surface area contributed by atoms with Gasteiger partial charge < -0.3 is 28.4 Å². The van der Waals surface area contributed by atoms with E-state index in [0.717, 1.165) is 11.9 Å². The molecule has 3 rings (SSSR count). The number of ether oxygens (including phenoxy) is 3. The van der Waals surface area contributed by atoms with Crippen LogP contribution in [0.15, 0.2) is 18.2 Å². The van der Waals surface area contributed by atoms with Gasteiger partial charge in [0.25, 0.3) is 0 Å². The molecule has 0 radical (unpaired) electrons. The summed E-state index contributed by atoms with van der Waals surface area (Å²) in [6.45, 7) is 15.5. The fraction of sp³-hybridized carbons (Fsp3) is 0.696. The lowest BCUT2D eigenvalue weighted by atomic mass is 9.79. The van der Waals surface area contributed by atoms with E-state index in [1.165, 1.54) is 0 Å². The van der Waals surface area contributed by atoms with Crippen molar-refractivity contribution >= 4 is 18.7 Å². The Balaban J connectivity index is 1.63. The topological polar surface area (TPSA) is 66.5 Å². The molecule has 2 saturated heterocycles. The van der Waals surface area contributed by atoms with Crippen molar-refractivity contribution in [1.29, 1.82) is 0 Å². The van der Waals surface area contributed by atoms with Gasteiger partial charge in [-0.3, -0.25) is 0 Å². The number of hydrogen-bond acceptors (Lipinski definition) is 6. The molecule has 172 valence electrons. The van der Waals surface area contributed by atoms with Crippen LogP contribution >= 0.6 is 0 Å². The normalized spacial score (nSPS) is 22.5. The van der Waals surface area contributed by atoms with Crippen LogP contribution in [0.4, 0.5) is 4.79 Å². The monoisotopic (exact) mass is 433 g/mol. The first-order chi connectivity index (χ1) is 14.3. The van der Waals surface area contributed by atoms with E-state index in [9.17, 15) is 4.79 Å². The third-order valence-corrected chi connectivity index (χ3v) is 6.13. The Morgan fingerprint density at radius 2 is 1.81 bits per heavy atom. The molecule has 0 saturated carbocycles. The molecule has 1 atom stereocenters. The van der Waals surface area contributed by atoms with Gasteiger partial charge in [-0.2, -0.15) is 0 Å². The minimum absolute atomic E-state index is 0.234. The standard InChI is InChI=1S/C23H36BNO6/c1-21(2,3)29-20(26)25-12-11-16(14-25)15-28-19-13-17(9-10-18(19)27-8)24-30-22(4,5)23(6,7)31-24/h9-10,13,16H,11-12,14-15H2,1-8H3/t16-/m1/s1. The molecular weight excluding hydrogens is 397 g/mol. The lowest BCUT2D eigenvalue weighted by molar-refractivity contribution is 0.00578. The Kier molecular flexibility index (Phi) is 6.54. The van der Waals surface area contributed by atoms with Gasteiger partial charge in [0.15, 0.2) is 11.5 Å². The molecule has 0 unspecified atom stereocenters. The quantitative estimate of drug-likeness (QED) is 0.661. The molecule has 1 aromatic rings. The fourth-order valence-electron chi connectivity index (χ4n) is 3.60. The van der Waals surface area contributed by atoms with Gasteiger partial charge in [-0.05, 0) is 72.5 Å². The van der Waals surface area contributed by atoms with Crippen molar-refractivity contribution in [2.75, 3.05) is 26.8 Å². The summed E-state index contributed by atoms with van der Waals surface area (Å²) in [6.07, 6.45) is 0.605. The first-order valence-corrected chi connectivity index (χ1v) is 11.0. The van der Waals surface area contributed by atoms with Gasteiger partial charge >= 0.3 is 13.2 Å². The van der Waals surface area contributed by atoms with E-state index < -0.39 is 23.9 Å². The predicted molar refractivity (Wildman–Crippen MR) is 120 cm³/mol. The molecule has 2 aliphatic rings. The SMILES string of the molecule is COc1ccc(B2OC(C)(C)C(C)(C)O2)cc1OC[C@@H]1CCN(C(=O)OC(C)(C)C)C1. The van der Waals surface area contributed by atoms with Crippen LogP contribution in [0.3, 0.4) is 0 Å². The molecule has 2 fully saturated rings. The van der Waals surface area contributed by atoms with Crippen molar-refractivity contribution in [3.05, 3.63) is 18.2 Å². The Bertz CT molecular complexity index is 788. The molecule has 1 amide bonds. The van der Waals surface area contributed by atoms with Crippen LogP contribution in [0.5, 0.6) is 11.5 Å². The molecular formula is C23H36BNO6. The number of carbonyl (C=O) groups is 1. The summed E-state index contributed by atoms with van der Waals surface area (Å²) in [7, 11) is 1.16. The van der Waals surface area contributed by atoms with Gasteiger partial charge in [0.1, 0.15) is 5.60 Å². The molecule has 2 heterocycles. The molecule has 7 nitrogen and oxygen atoms in total. The highest BCUT2D eigenvalue weighted by Crippen LogP contribution is 2.37. The fourth-order valence-corrected chi connectivity index (χ4v) is 3.60. The first-order valence-electron chi connectivity index (χ1n) is 11.0. The van der Waals surface area contributed by atoms with Crippen molar-refractivity contribution in [3.63, 3.8) is 0 Å². The zero-order valence-electron chi connectivity index (χ0n) is 20.1. The molecule has 1 aromatic carbocycles. The first kappa shape index (κ1) is 23.7. The van der Waals surface area contributed by atoms with E-state index in [1.54, 1.807) is 12.0 Å². The van der Waals surface area contributed by atoms with Crippen LogP contribution in [-0.4, -0.2) is 61.7 Å². The van der Waals surface area contributed by atoms with Gasteiger partial charge in [0.05, 0.1) is 24.9 Å². The molecule has 0 aromatic heterocycles. The Morgan fingerprint density at radius 3 is 2.39 bits per heavy atom. The number of carbonyl (C=O) groups excluding carboxylic acids is 1. The lowest BCUT2D eigenvalue weighted by Crippen LogP contribution is -2.41. The van der Waals surface area contributed by atoms with E-state index in [2.05, 4.69) is 0 Å². The average Bonchev–Trinajstić information content (AvgIpc) is 3.20. The molecule has 8 heteroatoms. The Morgan fingerprint density at radius 1 is 1.16 bits per heavy atom. The smallest absolute Gasteiger partial charge is 0.493 e. The zero-order valence-corrected chi connectivity index (χ0v) is 20.1. The van der Waals surface area contributed by atoms with E-state index in [4.69, 9.17) is 23.5 Å². The van der Waals surface area contributed by atoms with Crippen LogP contribution in [0.2, 0.25) is 0 Å². The summed E-state index contributed by atoms with van der Waals surface area (Å²) in [5.41, 5.74) is -0.426. The van der Waals surface area contributed by atoms with Crippen molar-refractivity contribution in [1.82, 2.24) is 4.90 Å². The lowest BCUT2D eigenvalue weighted by Gasteiger charge is -2.32. The predicted octanol–water partition coefficient (Wildman–Crippen LogP) is 3.63. The second kappa shape index (κ2) is 8.55. The second-order valence-electron chi connectivity index (χ2n) is 10.4. The van der Waals surface area contributed by atoms with E-state index in [-0.39, 0.29) is 12.0 Å². The summed E-state index contributed by atoms with van der Waals surface area (Å²) in [5.74, 6) is 1.53. The maximum Gasteiger partial charge on any atom is 0.494 e. The van der Waals surface area contributed by atoms with E-state index in [0.29, 0.717) is 31.2 Å². The number of methoxy groups -OCH3 is 1. The second-order valence-corrected chi connectivity index (χ2v) is 10.4. The highest BCUT2D eigenvalue weighted by atomic mass is 16.7. The zero-order chi connectivity index (χ0) is 23.0. The van der Waals surface area contributed by atoms with Gasteiger partial charge in [0.2, 0.25) is 0 Å². The highest BCUT2D eigenvalue weighted by molar-refractivity contribution is 6.62. The van der Waals surface area contributed by atoms with Gasteiger partial charge in [0, 0.05) is 19.0 Å². The summed E-state index contributed by atoms with van der Waals surface area (Å²) in [6, 6.07) is 5.73. The van der Waals surface area contributed by atoms with Crippen molar-refractivity contribution in [2.24, 2.45) is 5.92 Å². The number of nitrogens with zero attached hydrogens (tertiary/aromatic N) is 1. The summed E-state index contributed by atoms with van der Waals surface area (Å²) in [5, 5.41) is 0. The highest BCUT2D eigenvalue weighted by Gasteiger charge is 2.51. The average molecular weight is 433 g/mol. The van der Waals surface area contributed by atoms with Crippen LogP contribution in [0.25, 0.3) is 0 Å². The number of rotatable bonds is 5. The minimum Gasteiger partial charge on any atom is -0.493 e. The largest absolute Gasteiger partial charge is 0.494 e. The van der Waals surface area contributed by atoms with Crippen LogP contribution in [0.1, 0.15) is 54.9 Å². The van der Waals surface area contributed by atoms with Crippen LogP contribution in [-0.2, 0) is 14.0 Å². The Hall–Kier alpha value is -1.93. The number of likely N-dealkylation sites (tertiary alicyclic amines) is 1. The minimum atomic E-state index is -0.493. The van der Waals surface area contributed by atoms with Crippen LogP contribution < -0.4 is 14.9 Å². The van der Waals surface area contributed by atoms with Crippen molar-refractivity contribution in [2.45, 2.75) is 71.7 Å². The number of amides is 1. The molecule has 0 N–H and O–H groups in total. The molecule has 2 aliphatic heterocycles. The summed E-state index contributed by atoms with van der Waals surface area (Å²) in [4.78, 5) is 14.0. The third-order valence-electron chi connectivity index (χ3n) is 6.13. The number of benzene rings is 1. The number of hydrogen-bond donors (Lipinski definition) is 0. The molecule has 0 bridgehead atoms. The van der Waals surface area contributed by atoms with E-state index >= 15 is 0 Å². The summed E-state index contributed by atoms with van der Waals surface area (Å²) >= 11 is 0. The molecule has 31 heavy (non-hydrogen) atoms. The van der Waals surface area contributed by atoms with Gasteiger partial charge in [-0.15, -0.1) is 0 Å². The summed E-state index contributed by atoms with van der Waals surface area (Å²) < 4.78 is 29.4. The maximum absolute atomic E-state index is 12.3. The van der Waals surface area contributed by atoms with Crippen molar-refractivity contribution < 1.29 is 28.3 Å². The van der Waals surface area contributed by atoms with E-state index in [1.807, 2.05) is 66.7 Å². The third kappa shape index (κ3) is 5.47.